The summed E-state index contributed by atoms with van der Waals surface area (Å²) in [4.78, 5) is 14.1. The van der Waals surface area contributed by atoms with Crippen LogP contribution in [0.25, 0.3) is 11.0 Å². The van der Waals surface area contributed by atoms with Gasteiger partial charge in [0.15, 0.2) is 0 Å². The van der Waals surface area contributed by atoms with Gasteiger partial charge in [0, 0.05) is 17.8 Å². The van der Waals surface area contributed by atoms with Crippen molar-refractivity contribution in [3.63, 3.8) is 0 Å². The van der Waals surface area contributed by atoms with Crippen molar-refractivity contribution in [1.82, 2.24) is 24.3 Å². The number of fused-ring (bicyclic) bond motifs is 1. The first kappa shape index (κ1) is 16.2. The van der Waals surface area contributed by atoms with Gasteiger partial charge in [0.1, 0.15) is 17.1 Å². The molecule has 4 atom stereocenters. The molecule has 25 heavy (non-hydrogen) atoms. The van der Waals surface area contributed by atoms with Crippen molar-refractivity contribution in [2.24, 2.45) is 5.73 Å². The normalized spacial score (nSPS) is 29.2. The Morgan fingerprint density at radius 2 is 2.16 bits per heavy atom. The maximum atomic E-state index is 12.5. The van der Waals surface area contributed by atoms with Crippen LogP contribution in [0.2, 0.25) is 0 Å². The van der Waals surface area contributed by atoms with Crippen molar-refractivity contribution in [3.05, 3.63) is 47.7 Å². The molecule has 130 valence electrons. The van der Waals surface area contributed by atoms with Crippen LogP contribution in [0.4, 0.5) is 0 Å². The van der Waals surface area contributed by atoms with E-state index in [0.717, 1.165) is 28.3 Å². The number of nitrogens with two attached hydrogens (primary N) is 1. The second-order valence-corrected chi connectivity index (χ2v) is 6.58. The minimum atomic E-state index is -1.11. The minimum absolute atomic E-state index is 0.0167. The van der Waals surface area contributed by atoms with Crippen LogP contribution >= 0.6 is 11.7 Å². The van der Waals surface area contributed by atoms with Crippen LogP contribution < -0.4 is 16.4 Å². The summed E-state index contributed by atoms with van der Waals surface area (Å²) in [7, 11) is 1.84. The van der Waals surface area contributed by atoms with E-state index in [4.69, 9.17) is 5.73 Å². The van der Waals surface area contributed by atoms with E-state index >= 15 is 0 Å². The van der Waals surface area contributed by atoms with Gasteiger partial charge in [-0.05, 0) is 36.9 Å². The molecule has 0 saturated carbocycles. The number of likely N-dealkylation sites (N-methyl/N-ethyl adjacent to an activating group) is 1. The lowest BCUT2D eigenvalue weighted by molar-refractivity contribution is -0.121. The van der Waals surface area contributed by atoms with Crippen molar-refractivity contribution in [2.45, 2.75) is 24.5 Å². The van der Waals surface area contributed by atoms with Gasteiger partial charge in [-0.2, -0.15) is 8.75 Å². The summed E-state index contributed by atoms with van der Waals surface area (Å²) < 4.78 is 8.40. The number of carbonyl (C=O) groups is 1. The SMILES string of the molecule is CNC1C=CC(N2C(O)NC(=O)C2c2ccc3nsnc3c2)=CC1N. The summed E-state index contributed by atoms with van der Waals surface area (Å²) in [6.45, 7) is 0. The molecule has 1 fully saturated rings. The Kier molecular flexibility index (Phi) is 4.00. The average molecular weight is 358 g/mol. The first-order valence-electron chi connectivity index (χ1n) is 7.90. The Bertz CT molecular complexity index is 878. The molecular weight excluding hydrogens is 340 g/mol. The molecule has 2 aromatic rings. The number of aliphatic hydroxyl groups excluding tert-OH is 1. The number of rotatable bonds is 3. The smallest absolute Gasteiger partial charge is 0.250 e. The molecule has 2 heterocycles. The van der Waals surface area contributed by atoms with Gasteiger partial charge in [0.25, 0.3) is 5.91 Å². The summed E-state index contributed by atoms with van der Waals surface area (Å²) in [5, 5.41) is 16.0. The zero-order valence-electron chi connectivity index (χ0n) is 13.5. The third-order valence-electron chi connectivity index (χ3n) is 4.54. The van der Waals surface area contributed by atoms with Gasteiger partial charge in [0.2, 0.25) is 6.35 Å². The molecule has 2 aliphatic rings. The quantitative estimate of drug-likeness (QED) is 0.601. The van der Waals surface area contributed by atoms with Gasteiger partial charge in [-0.15, -0.1) is 0 Å². The van der Waals surface area contributed by atoms with Crippen molar-refractivity contribution in [1.29, 1.82) is 0 Å². The number of nitrogens with one attached hydrogen (secondary N) is 2. The standard InChI is InChI=1S/C16H18N6O2S/c1-18-11-5-3-9(7-10(11)17)22-14(15(23)19-16(22)24)8-2-4-12-13(6-8)21-25-20-12/h2-7,10-11,14,16,18,24H,17H2,1H3,(H,19,23). The van der Waals surface area contributed by atoms with Crippen molar-refractivity contribution in [2.75, 3.05) is 7.05 Å². The number of benzene rings is 1. The van der Waals surface area contributed by atoms with Gasteiger partial charge < -0.3 is 26.4 Å². The molecule has 1 aromatic heterocycles. The van der Waals surface area contributed by atoms with E-state index in [1.165, 1.54) is 0 Å². The number of nitrogens with zero attached hydrogens (tertiary/aromatic N) is 3. The molecule has 5 N–H and O–H groups in total. The van der Waals surface area contributed by atoms with Gasteiger partial charge in [-0.3, -0.25) is 4.79 Å². The van der Waals surface area contributed by atoms with Crippen LogP contribution in [0.15, 0.2) is 42.1 Å². The number of aromatic nitrogens is 2. The molecule has 1 amide bonds. The monoisotopic (exact) mass is 358 g/mol. The fourth-order valence-electron chi connectivity index (χ4n) is 3.26. The fraction of sp³-hybridized carbons (Fsp3) is 0.312. The second kappa shape index (κ2) is 6.19. The topological polar surface area (TPSA) is 116 Å². The van der Waals surface area contributed by atoms with E-state index in [0.29, 0.717) is 5.70 Å². The van der Waals surface area contributed by atoms with E-state index in [2.05, 4.69) is 19.4 Å². The highest BCUT2D eigenvalue weighted by Crippen LogP contribution is 2.33. The molecule has 1 aliphatic heterocycles. The molecule has 9 heteroatoms. The number of carbonyl (C=O) groups excluding carboxylic acids is 1. The average Bonchev–Trinajstić information content (AvgIpc) is 3.17. The summed E-state index contributed by atoms with van der Waals surface area (Å²) in [6.07, 6.45) is 4.53. The Hall–Kier alpha value is -2.33. The summed E-state index contributed by atoms with van der Waals surface area (Å²) in [6, 6.07) is 4.61. The summed E-state index contributed by atoms with van der Waals surface area (Å²) in [5.41, 5.74) is 9.12. The maximum absolute atomic E-state index is 12.5. The van der Waals surface area contributed by atoms with Crippen molar-refractivity contribution < 1.29 is 9.90 Å². The molecule has 1 aliphatic carbocycles. The highest BCUT2D eigenvalue weighted by Gasteiger charge is 2.41. The molecule has 0 spiro atoms. The highest BCUT2D eigenvalue weighted by molar-refractivity contribution is 7.00. The first-order valence-corrected chi connectivity index (χ1v) is 8.63. The second-order valence-electron chi connectivity index (χ2n) is 6.05. The van der Waals surface area contributed by atoms with Gasteiger partial charge in [-0.25, -0.2) is 0 Å². The van der Waals surface area contributed by atoms with E-state index in [9.17, 15) is 9.90 Å². The number of hydrogen-bond acceptors (Lipinski definition) is 8. The molecule has 1 saturated heterocycles. The Labute approximate surface area is 148 Å². The lowest BCUT2D eigenvalue weighted by Crippen LogP contribution is -2.44. The van der Waals surface area contributed by atoms with Crippen molar-refractivity contribution >= 4 is 28.7 Å². The summed E-state index contributed by atoms with van der Waals surface area (Å²) >= 11 is 1.13. The van der Waals surface area contributed by atoms with Crippen molar-refractivity contribution in [3.8, 4) is 0 Å². The van der Waals surface area contributed by atoms with Crippen LogP contribution in [-0.4, -0.2) is 50.1 Å². The van der Waals surface area contributed by atoms with Crippen LogP contribution in [-0.2, 0) is 4.79 Å². The minimum Gasteiger partial charge on any atom is -0.356 e. The third kappa shape index (κ3) is 2.71. The fourth-order valence-corrected chi connectivity index (χ4v) is 3.78. The van der Waals surface area contributed by atoms with Crippen LogP contribution in [0.5, 0.6) is 0 Å². The van der Waals surface area contributed by atoms with Gasteiger partial charge >= 0.3 is 0 Å². The third-order valence-corrected chi connectivity index (χ3v) is 5.10. The van der Waals surface area contributed by atoms with E-state index < -0.39 is 12.4 Å². The van der Waals surface area contributed by atoms with Gasteiger partial charge in [0.05, 0.1) is 11.7 Å². The van der Waals surface area contributed by atoms with Crippen LogP contribution in [0, 0.1) is 0 Å². The molecule has 1 aromatic carbocycles. The molecule has 8 nitrogen and oxygen atoms in total. The van der Waals surface area contributed by atoms with Gasteiger partial charge in [-0.1, -0.05) is 12.1 Å². The maximum Gasteiger partial charge on any atom is 0.250 e. The molecule has 4 rings (SSSR count). The van der Waals surface area contributed by atoms with Crippen LogP contribution in [0.1, 0.15) is 11.6 Å². The predicted octanol–water partition coefficient (Wildman–Crippen LogP) is -0.191. The number of hydrogen-bond donors (Lipinski definition) is 4. The highest BCUT2D eigenvalue weighted by atomic mass is 32.1. The lowest BCUT2D eigenvalue weighted by Gasteiger charge is -2.32. The first-order chi connectivity index (χ1) is 12.1. The Morgan fingerprint density at radius 1 is 1.36 bits per heavy atom. The number of amides is 1. The molecule has 0 radical (unpaired) electrons. The Balaban J connectivity index is 1.72. The lowest BCUT2D eigenvalue weighted by atomic mass is 9.99. The van der Waals surface area contributed by atoms with E-state index in [-0.39, 0.29) is 18.0 Å². The zero-order chi connectivity index (χ0) is 17.6. The Morgan fingerprint density at radius 3 is 2.92 bits per heavy atom. The number of aliphatic hydroxyl groups is 1. The summed E-state index contributed by atoms with van der Waals surface area (Å²) in [5.74, 6) is -0.270. The van der Waals surface area contributed by atoms with E-state index in [1.54, 1.807) is 4.90 Å². The van der Waals surface area contributed by atoms with E-state index in [1.807, 2.05) is 43.5 Å². The largest absolute Gasteiger partial charge is 0.356 e. The van der Waals surface area contributed by atoms with Crippen LogP contribution in [0.3, 0.4) is 0 Å². The predicted molar refractivity (Wildman–Crippen MR) is 94.2 cm³/mol. The molecular formula is C16H18N6O2S. The molecule has 4 unspecified atom stereocenters. The zero-order valence-corrected chi connectivity index (χ0v) is 14.3. The molecule has 0 bridgehead atoms. The number of allylic oxidation sites excluding steroid dienone is 1.